The molecule has 0 saturated heterocycles. The van der Waals surface area contributed by atoms with E-state index in [1.807, 2.05) is 99.8 Å². The van der Waals surface area contributed by atoms with Crippen LogP contribution >= 0.6 is 22.7 Å². The molecular formula is C42H39N3O4S2. The molecule has 0 aliphatic carbocycles. The Hall–Kier alpha value is -5.38. The number of ketones is 3. The van der Waals surface area contributed by atoms with Crippen LogP contribution in [0.25, 0.3) is 20.2 Å². The quantitative estimate of drug-likeness (QED) is 0.145. The number of Topliss-reactive ketones (excluding diaryl/α,β-unsaturated/α-hetero) is 3. The Bertz CT molecular complexity index is 2340. The predicted molar refractivity (Wildman–Crippen MR) is 208 cm³/mol. The Morgan fingerprint density at radius 1 is 0.549 bits per heavy atom. The average molecular weight is 714 g/mol. The summed E-state index contributed by atoms with van der Waals surface area (Å²) in [6, 6.07) is 25.4. The van der Waals surface area contributed by atoms with E-state index in [0.29, 0.717) is 33.6 Å². The zero-order chi connectivity index (χ0) is 36.6. The maximum absolute atomic E-state index is 13.5. The number of primary amides is 1. The van der Waals surface area contributed by atoms with Gasteiger partial charge in [0.2, 0.25) is 5.91 Å². The highest BCUT2D eigenvalue weighted by Gasteiger charge is 2.37. The van der Waals surface area contributed by atoms with Crippen LogP contribution in [0.5, 0.6) is 0 Å². The van der Waals surface area contributed by atoms with Gasteiger partial charge in [0.05, 0.1) is 0 Å². The average Bonchev–Trinajstić information content (AvgIpc) is 3.72. The molecule has 258 valence electrons. The first kappa shape index (κ1) is 35.4. The van der Waals surface area contributed by atoms with Crippen molar-refractivity contribution in [1.29, 1.82) is 0 Å². The number of fused-ring (bicyclic) bond motifs is 2. The molecular weight excluding hydrogens is 675 g/mol. The van der Waals surface area contributed by atoms with E-state index in [1.54, 1.807) is 29.6 Å². The van der Waals surface area contributed by atoms with E-state index in [0.717, 1.165) is 48.4 Å². The smallest absolute Gasteiger partial charge is 0.247 e. The van der Waals surface area contributed by atoms with Gasteiger partial charge in [-0.1, -0.05) is 66.7 Å². The lowest BCUT2D eigenvalue weighted by atomic mass is 9.76. The minimum atomic E-state index is -0.499. The molecule has 0 spiro atoms. The number of rotatable bonds is 7. The van der Waals surface area contributed by atoms with Crippen LogP contribution in [0.4, 0.5) is 0 Å². The van der Waals surface area contributed by atoms with Crippen molar-refractivity contribution in [2.75, 3.05) is 0 Å². The van der Waals surface area contributed by atoms with E-state index in [-0.39, 0.29) is 23.3 Å². The van der Waals surface area contributed by atoms with Crippen molar-refractivity contribution in [2.45, 2.75) is 53.4 Å². The third-order valence-corrected chi connectivity index (χ3v) is 11.4. The summed E-state index contributed by atoms with van der Waals surface area (Å²) in [5.74, 6) is -1.40. The van der Waals surface area contributed by atoms with E-state index in [9.17, 15) is 19.2 Å². The maximum Gasteiger partial charge on any atom is 0.247 e. The van der Waals surface area contributed by atoms with Crippen LogP contribution in [0.3, 0.4) is 0 Å². The van der Waals surface area contributed by atoms with E-state index >= 15 is 0 Å². The van der Waals surface area contributed by atoms with Crippen molar-refractivity contribution in [3.8, 4) is 0 Å². The molecule has 1 amide bonds. The van der Waals surface area contributed by atoms with Crippen LogP contribution in [-0.4, -0.2) is 23.3 Å². The second-order valence-corrected chi connectivity index (χ2v) is 14.6. The zero-order valence-corrected chi connectivity index (χ0v) is 31.0. The number of amides is 1. The number of benzene rings is 3. The Labute approximate surface area is 305 Å². The highest BCUT2D eigenvalue weighted by atomic mass is 32.1. The largest absolute Gasteiger partial charge is 0.366 e. The summed E-state index contributed by atoms with van der Waals surface area (Å²) >= 11 is 3.25. The first-order valence-electron chi connectivity index (χ1n) is 16.6. The van der Waals surface area contributed by atoms with Gasteiger partial charge >= 0.3 is 0 Å². The van der Waals surface area contributed by atoms with E-state index in [4.69, 9.17) is 5.73 Å². The summed E-state index contributed by atoms with van der Waals surface area (Å²) in [7, 11) is 0. The molecule has 0 fully saturated rings. The monoisotopic (exact) mass is 713 g/mol. The molecule has 0 saturated carbocycles. The second kappa shape index (κ2) is 14.5. The molecule has 4 heterocycles. The molecule has 2 aromatic heterocycles. The summed E-state index contributed by atoms with van der Waals surface area (Å²) in [5.41, 5.74) is 13.7. The van der Waals surface area contributed by atoms with Crippen LogP contribution in [0.2, 0.25) is 0 Å². The van der Waals surface area contributed by atoms with Crippen LogP contribution in [0.1, 0.15) is 74.9 Å². The zero-order valence-electron chi connectivity index (χ0n) is 29.3. The van der Waals surface area contributed by atoms with Crippen molar-refractivity contribution >= 4 is 66.1 Å². The summed E-state index contributed by atoms with van der Waals surface area (Å²) in [5, 5.41) is 12.7. The Morgan fingerprint density at radius 2 is 0.941 bits per heavy atom. The molecule has 0 bridgehead atoms. The fourth-order valence-corrected chi connectivity index (χ4v) is 9.33. The van der Waals surface area contributed by atoms with Crippen LogP contribution in [0.15, 0.2) is 135 Å². The maximum atomic E-state index is 13.5. The van der Waals surface area contributed by atoms with E-state index in [1.165, 1.54) is 6.92 Å². The third-order valence-electron chi connectivity index (χ3n) is 9.47. The molecule has 2 atom stereocenters. The Kier molecular flexibility index (Phi) is 10.1. The SMILES string of the molecule is CC(=O)C1=C(C)NC(C)=C(C(=O)c2ccccc2)C1c1csc2ccccc12.CC(=O)C1=C(C)NC(C)=C(C(N)=O)C1c1csc2ccccc12. The van der Waals surface area contributed by atoms with Gasteiger partial charge in [-0.3, -0.25) is 19.2 Å². The lowest BCUT2D eigenvalue weighted by molar-refractivity contribution is -0.115. The summed E-state index contributed by atoms with van der Waals surface area (Å²) in [6.07, 6.45) is 0. The van der Waals surface area contributed by atoms with Crippen molar-refractivity contribution in [3.63, 3.8) is 0 Å². The number of carbonyl (C=O) groups is 4. The molecule has 51 heavy (non-hydrogen) atoms. The molecule has 2 aliphatic rings. The van der Waals surface area contributed by atoms with Gasteiger partial charge in [-0.25, -0.2) is 0 Å². The van der Waals surface area contributed by atoms with Gasteiger partial charge in [-0.2, -0.15) is 0 Å². The van der Waals surface area contributed by atoms with Crippen molar-refractivity contribution in [1.82, 2.24) is 10.6 Å². The summed E-state index contributed by atoms with van der Waals surface area (Å²) in [4.78, 5) is 50.5. The number of carbonyl (C=O) groups excluding carboxylic acids is 4. The molecule has 7 rings (SSSR count). The number of hydrogen-bond acceptors (Lipinski definition) is 8. The van der Waals surface area contributed by atoms with Crippen molar-refractivity contribution in [3.05, 3.63) is 151 Å². The fraction of sp³-hybridized carbons (Fsp3) is 0.190. The lowest BCUT2D eigenvalue weighted by Gasteiger charge is -2.30. The molecule has 2 unspecified atom stereocenters. The lowest BCUT2D eigenvalue weighted by Crippen LogP contribution is -2.33. The fourth-order valence-electron chi connectivity index (χ4n) is 7.36. The van der Waals surface area contributed by atoms with Gasteiger partial charge in [0.25, 0.3) is 0 Å². The van der Waals surface area contributed by atoms with Gasteiger partial charge in [0, 0.05) is 71.9 Å². The number of nitrogens with one attached hydrogen (secondary N) is 2. The normalized spacial score (nSPS) is 17.6. The van der Waals surface area contributed by atoms with Gasteiger partial charge in [0.15, 0.2) is 17.3 Å². The Morgan fingerprint density at radius 3 is 1.39 bits per heavy atom. The number of nitrogens with two attached hydrogens (primary N) is 1. The predicted octanol–water partition coefficient (Wildman–Crippen LogP) is 8.82. The standard InChI is InChI=1S/C24H21NO2S.C18H18N2O2S/c1-14-21(16(3)26)23(19-13-28-20-12-8-7-11-18(19)20)22(15(2)25-14)24(27)17-9-5-4-6-10-17;1-9-15(11(3)21)17(16(18(19)22)10(2)20-9)13-8-23-14-7-5-4-6-12(13)14/h4-13,23,25H,1-3H3;4-8,17,20H,1-3H3,(H2,19,22). The second-order valence-electron chi connectivity index (χ2n) is 12.8. The minimum absolute atomic E-state index is 0.0175. The number of dihydropyridines is 2. The molecule has 3 aromatic carbocycles. The molecule has 7 nitrogen and oxygen atoms in total. The molecule has 0 radical (unpaired) electrons. The van der Waals surface area contributed by atoms with Gasteiger partial charge in [-0.05, 0) is 86.3 Å². The number of allylic oxidation sites excluding steroid dienone is 7. The van der Waals surface area contributed by atoms with E-state index in [2.05, 4.69) is 28.1 Å². The minimum Gasteiger partial charge on any atom is -0.366 e. The first-order valence-corrected chi connectivity index (χ1v) is 18.4. The van der Waals surface area contributed by atoms with E-state index < -0.39 is 11.8 Å². The molecule has 9 heteroatoms. The number of hydrogen-bond donors (Lipinski definition) is 3. The highest BCUT2D eigenvalue weighted by molar-refractivity contribution is 7.17. The van der Waals surface area contributed by atoms with Crippen LogP contribution in [0, 0.1) is 0 Å². The topological polar surface area (TPSA) is 118 Å². The van der Waals surface area contributed by atoms with Crippen molar-refractivity contribution < 1.29 is 19.2 Å². The van der Waals surface area contributed by atoms with Crippen LogP contribution < -0.4 is 16.4 Å². The molecule has 2 aliphatic heterocycles. The molecule has 4 N–H and O–H groups in total. The third kappa shape index (κ3) is 6.62. The van der Waals surface area contributed by atoms with Crippen molar-refractivity contribution in [2.24, 2.45) is 5.73 Å². The van der Waals surface area contributed by atoms with Gasteiger partial charge < -0.3 is 16.4 Å². The first-order chi connectivity index (χ1) is 24.4. The van der Waals surface area contributed by atoms with Crippen LogP contribution in [-0.2, 0) is 14.4 Å². The Balaban J connectivity index is 0.000000179. The summed E-state index contributed by atoms with van der Waals surface area (Å²) < 4.78 is 2.28. The highest BCUT2D eigenvalue weighted by Crippen LogP contribution is 2.45. The van der Waals surface area contributed by atoms with Gasteiger partial charge in [0.1, 0.15) is 0 Å². The molecule has 5 aromatic rings. The summed E-state index contributed by atoms with van der Waals surface area (Å²) in [6.45, 7) is 10.6. The van der Waals surface area contributed by atoms with Gasteiger partial charge in [-0.15, -0.1) is 22.7 Å². The number of thiophene rings is 2.